The highest BCUT2D eigenvalue weighted by atomic mass is 32.1. The van der Waals surface area contributed by atoms with Gasteiger partial charge in [-0.15, -0.1) is 11.3 Å². The summed E-state index contributed by atoms with van der Waals surface area (Å²) in [4.78, 5) is 7.05. The van der Waals surface area contributed by atoms with Crippen LogP contribution in [0, 0.1) is 0 Å². The van der Waals surface area contributed by atoms with Crippen LogP contribution in [0.4, 0.5) is 17.1 Å². The number of aromatic nitrogens is 1. The van der Waals surface area contributed by atoms with Crippen LogP contribution in [0.1, 0.15) is 22.3 Å². The van der Waals surface area contributed by atoms with Crippen molar-refractivity contribution in [2.24, 2.45) is 0 Å². The molecule has 0 bridgehead atoms. The normalized spacial score (nSPS) is 12.7. The summed E-state index contributed by atoms with van der Waals surface area (Å²) in [6, 6.07) is 75.2. The summed E-state index contributed by atoms with van der Waals surface area (Å²) in [6.45, 7) is 0. The molecule has 0 fully saturated rings. The number of hydrogen-bond acceptors (Lipinski definition) is 3. The average molecular weight is 745 g/mol. The summed E-state index contributed by atoms with van der Waals surface area (Å²) in [5, 5.41) is 2.54. The number of fused-ring (bicyclic) bond motifs is 6. The third-order valence-electron chi connectivity index (χ3n) is 11.6. The fraction of sp³-hybridized carbons (Fsp3) is 0.0185. The van der Waals surface area contributed by atoms with Gasteiger partial charge in [0.1, 0.15) is 0 Å². The van der Waals surface area contributed by atoms with Gasteiger partial charge in [-0.1, -0.05) is 152 Å². The van der Waals surface area contributed by atoms with Gasteiger partial charge in [0.15, 0.2) is 0 Å². The van der Waals surface area contributed by atoms with Gasteiger partial charge < -0.3 is 4.90 Å². The van der Waals surface area contributed by atoms with Gasteiger partial charge in [0, 0.05) is 43.9 Å². The van der Waals surface area contributed by atoms with Crippen LogP contribution < -0.4 is 4.90 Å². The SMILES string of the molecule is c1ccc(N(c2ccccc2)c2ccc(-c3cccc(-c4cccc(C5(c6cccnc6)c6ccccc6-c6ccccc65)c4)c3)c3sc4ccccc4c23)cc1. The molecule has 1 aliphatic rings. The standard InChI is InChI=1S/C54H36N2S/c1-3-21-42(22-4-1)56(43-23-5-2-6-24-43)50-32-31-44(53-52(50)47-27-9-12-30-51(47)57-53)39-18-13-16-37(34-39)38-17-14-19-40(35-38)54(41-20-15-33-55-36-41)48-28-10-7-25-45(48)46-26-8-11-29-49(46)54/h1-36H. The number of nitrogens with zero attached hydrogens (tertiary/aromatic N) is 2. The predicted octanol–water partition coefficient (Wildman–Crippen LogP) is 14.6. The van der Waals surface area contributed by atoms with E-state index in [1.54, 1.807) is 0 Å². The van der Waals surface area contributed by atoms with Crippen molar-refractivity contribution in [3.63, 3.8) is 0 Å². The van der Waals surface area contributed by atoms with Crippen LogP contribution in [-0.2, 0) is 5.41 Å². The van der Waals surface area contributed by atoms with Crippen molar-refractivity contribution < 1.29 is 0 Å². The Morgan fingerprint density at radius 2 is 1.04 bits per heavy atom. The average Bonchev–Trinajstić information content (AvgIpc) is 3.83. The highest BCUT2D eigenvalue weighted by Crippen LogP contribution is 2.56. The van der Waals surface area contributed by atoms with Gasteiger partial charge >= 0.3 is 0 Å². The Labute approximate surface area is 336 Å². The minimum absolute atomic E-state index is 0.502. The molecule has 268 valence electrons. The predicted molar refractivity (Wildman–Crippen MR) is 240 cm³/mol. The molecule has 0 N–H and O–H groups in total. The van der Waals surface area contributed by atoms with Crippen LogP contribution in [0.2, 0.25) is 0 Å². The van der Waals surface area contributed by atoms with Crippen LogP contribution in [0.25, 0.3) is 53.6 Å². The van der Waals surface area contributed by atoms with E-state index in [4.69, 9.17) is 0 Å². The molecule has 0 spiro atoms. The molecule has 10 aromatic rings. The van der Waals surface area contributed by atoms with E-state index in [9.17, 15) is 0 Å². The van der Waals surface area contributed by atoms with E-state index in [0.717, 1.165) is 11.4 Å². The molecule has 0 saturated heterocycles. The second-order valence-corrected chi connectivity index (χ2v) is 15.7. The molecule has 2 nitrogen and oxygen atoms in total. The molecule has 0 atom stereocenters. The molecule has 0 amide bonds. The van der Waals surface area contributed by atoms with Crippen molar-refractivity contribution >= 4 is 48.6 Å². The summed E-state index contributed by atoms with van der Waals surface area (Å²) in [6.07, 6.45) is 3.91. The summed E-state index contributed by atoms with van der Waals surface area (Å²) < 4.78 is 2.56. The number of anilines is 3. The van der Waals surface area contributed by atoms with E-state index in [1.165, 1.54) is 81.5 Å². The third kappa shape index (κ3) is 5.28. The van der Waals surface area contributed by atoms with Gasteiger partial charge in [-0.3, -0.25) is 4.98 Å². The molecular weight excluding hydrogens is 709 g/mol. The van der Waals surface area contributed by atoms with Crippen molar-refractivity contribution in [1.29, 1.82) is 0 Å². The molecule has 11 rings (SSSR count). The van der Waals surface area contributed by atoms with Crippen molar-refractivity contribution in [2.75, 3.05) is 4.90 Å². The molecule has 0 aliphatic heterocycles. The first kappa shape index (κ1) is 33.3. The first-order chi connectivity index (χ1) is 28.3. The molecule has 0 unspecified atom stereocenters. The summed E-state index contributed by atoms with van der Waals surface area (Å²) in [5.74, 6) is 0. The Bertz CT molecular complexity index is 2990. The van der Waals surface area contributed by atoms with Crippen molar-refractivity contribution in [3.8, 4) is 33.4 Å². The van der Waals surface area contributed by atoms with Gasteiger partial charge in [0.05, 0.1) is 11.1 Å². The lowest BCUT2D eigenvalue weighted by atomic mass is 9.68. The van der Waals surface area contributed by atoms with Gasteiger partial charge in [0.2, 0.25) is 0 Å². The zero-order valence-corrected chi connectivity index (χ0v) is 31.9. The maximum atomic E-state index is 4.66. The van der Waals surface area contributed by atoms with E-state index < -0.39 is 5.41 Å². The molecular formula is C54H36N2S. The maximum Gasteiger partial charge on any atom is 0.0728 e. The number of rotatable bonds is 7. The van der Waals surface area contributed by atoms with Gasteiger partial charge in [-0.2, -0.15) is 0 Å². The van der Waals surface area contributed by atoms with Crippen molar-refractivity contribution in [3.05, 3.63) is 241 Å². The molecule has 3 heteroatoms. The van der Waals surface area contributed by atoms with E-state index in [1.807, 2.05) is 23.7 Å². The number of pyridine rings is 1. The van der Waals surface area contributed by atoms with E-state index >= 15 is 0 Å². The zero-order valence-electron chi connectivity index (χ0n) is 31.1. The Morgan fingerprint density at radius 1 is 0.439 bits per heavy atom. The summed E-state index contributed by atoms with van der Waals surface area (Å²) in [5.41, 5.74) is 15.3. The monoisotopic (exact) mass is 744 g/mol. The summed E-state index contributed by atoms with van der Waals surface area (Å²) >= 11 is 1.88. The van der Waals surface area contributed by atoms with Crippen LogP contribution in [0.15, 0.2) is 219 Å². The minimum atomic E-state index is -0.502. The van der Waals surface area contributed by atoms with E-state index in [2.05, 4.69) is 216 Å². The van der Waals surface area contributed by atoms with Gasteiger partial charge in [-0.05, 0) is 110 Å². The Hall–Kier alpha value is -7.07. The quantitative estimate of drug-likeness (QED) is 0.162. The highest BCUT2D eigenvalue weighted by molar-refractivity contribution is 7.26. The lowest BCUT2D eigenvalue weighted by Crippen LogP contribution is -2.28. The number of para-hydroxylation sites is 2. The Balaban J connectivity index is 1.09. The van der Waals surface area contributed by atoms with Crippen LogP contribution in [0.5, 0.6) is 0 Å². The topological polar surface area (TPSA) is 16.1 Å². The van der Waals surface area contributed by atoms with Crippen molar-refractivity contribution in [1.82, 2.24) is 4.98 Å². The maximum absolute atomic E-state index is 4.66. The van der Waals surface area contributed by atoms with Crippen LogP contribution in [-0.4, -0.2) is 4.98 Å². The van der Waals surface area contributed by atoms with Crippen molar-refractivity contribution in [2.45, 2.75) is 5.41 Å². The molecule has 1 aliphatic carbocycles. The Morgan fingerprint density at radius 3 is 1.74 bits per heavy atom. The molecule has 2 aromatic heterocycles. The fourth-order valence-corrected chi connectivity index (χ4v) is 10.5. The smallest absolute Gasteiger partial charge is 0.0728 e. The van der Waals surface area contributed by atoms with E-state index in [0.29, 0.717) is 0 Å². The van der Waals surface area contributed by atoms with E-state index in [-0.39, 0.29) is 0 Å². The minimum Gasteiger partial charge on any atom is -0.310 e. The molecule has 2 heterocycles. The fourth-order valence-electron chi connectivity index (χ4n) is 9.21. The largest absolute Gasteiger partial charge is 0.310 e. The van der Waals surface area contributed by atoms with Crippen LogP contribution in [0.3, 0.4) is 0 Å². The van der Waals surface area contributed by atoms with Gasteiger partial charge in [0.25, 0.3) is 0 Å². The second-order valence-electron chi connectivity index (χ2n) is 14.7. The number of benzene rings is 8. The lowest BCUT2D eigenvalue weighted by Gasteiger charge is -2.33. The third-order valence-corrected chi connectivity index (χ3v) is 12.8. The molecule has 0 saturated carbocycles. The molecule has 57 heavy (non-hydrogen) atoms. The second kappa shape index (κ2) is 13.6. The number of hydrogen-bond donors (Lipinski definition) is 0. The summed E-state index contributed by atoms with van der Waals surface area (Å²) in [7, 11) is 0. The molecule has 8 aromatic carbocycles. The molecule has 0 radical (unpaired) electrons. The number of thiophene rings is 1. The first-order valence-electron chi connectivity index (χ1n) is 19.4. The first-order valence-corrected chi connectivity index (χ1v) is 20.3. The van der Waals surface area contributed by atoms with Crippen LogP contribution >= 0.6 is 11.3 Å². The Kier molecular flexibility index (Phi) is 7.94. The highest BCUT2D eigenvalue weighted by Gasteiger charge is 2.46. The lowest BCUT2D eigenvalue weighted by molar-refractivity contribution is 0.763. The zero-order chi connectivity index (χ0) is 37.8. The van der Waals surface area contributed by atoms with Gasteiger partial charge in [-0.25, -0.2) is 0 Å².